The smallest absolute Gasteiger partial charge is 0.350 e. The van der Waals surface area contributed by atoms with Crippen LogP contribution < -0.4 is 5.32 Å². The van der Waals surface area contributed by atoms with Crippen molar-refractivity contribution in [3.05, 3.63) is 77.8 Å². The van der Waals surface area contributed by atoms with Crippen molar-refractivity contribution in [3.63, 3.8) is 0 Å². The van der Waals surface area contributed by atoms with Crippen molar-refractivity contribution in [2.45, 2.75) is 41.9 Å². The van der Waals surface area contributed by atoms with Crippen LogP contribution >= 0.6 is 0 Å². The molecule has 1 N–H and O–H groups in total. The molecule has 37 heavy (non-hydrogen) atoms. The molecule has 0 aliphatic heterocycles. The molecule has 3 aromatic rings. The SMILES string of the molecule is O=C(NCc1cc(-c2ccc(C(F)(F)F)cn2)cc(F)n1)[C@@H]1C[C@@H](F)CC1S(=O)(=O)c1ccc(F)cc1. The molecule has 0 saturated heterocycles. The molecule has 2 heterocycles. The molecular formula is C24H19F6N3O3S. The second-order valence-electron chi connectivity index (χ2n) is 8.53. The zero-order valence-electron chi connectivity index (χ0n) is 18.8. The van der Waals surface area contributed by atoms with Gasteiger partial charge in [-0.15, -0.1) is 0 Å². The van der Waals surface area contributed by atoms with E-state index < -0.39 is 63.0 Å². The third-order valence-electron chi connectivity index (χ3n) is 6.00. The van der Waals surface area contributed by atoms with Crippen LogP contribution in [-0.2, 0) is 27.4 Å². The maximum absolute atomic E-state index is 14.2. The van der Waals surface area contributed by atoms with Crippen LogP contribution in [0.4, 0.5) is 26.3 Å². The molecule has 196 valence electrons. The fourth-order valence-electron chi connectivity index (χ4n) is 4.19. The first-order valence-electron chi connectivity index (χ1n) is 11.0. The molecule has 4 rings (SSSR count). The van der Waals surface area contributed by atoms with Gasteiger partial charge in [0, 0.05) is 17.8 Å². The van der Waals surface area contributed by atoms with E-state index in [0.29, 0.717) is 6.20 Å². The zero-order valence-corrected chi connectivity index (χ0v) is 19.7. The summed E-state index contributed by atoms with van der Waals surface area (Å²) in [6.07, 6.45) is -6.32. The molecule has 0 bridgehead atoms. The lowest BCUT2D eigenvalue weighted by atomic mass is 10.1. The summed E-state index contributed by atoms with van der Waals surface area (Å²) in [5, 5.41) is 1.04. The molecule has 0 radical (unpaired) electrons. The minimum atomic E-state index is -4.59. The molecule has 6 nitrogen and oxygen atoms in total. The molecular weight excluding hydrogens is 524 g/mol. The van der Waals surface area contributed by atoms with Gasteiger partial charge in [0.25, 0.3) is 0 Å². The number of benzene rings is 1. The van der Waals surface area contributed by atoms with Gasteiger partial charge >= 0.3 is 6.18 Å². The Labute approximate surface area is 207 Å². The number of hydrogen-bond acceptors (Lipinski definition) is 5. The highest BCUT2D eigenvalue weighted by Crippen LogP contribution is 2.37. The van der Waals surface area contributed by atoms with E-state index in [9.17, 15) is 39.6 Å². The van der Waals surface area contributed by atoms with Gasteiger partial charge in [-0.05, 0) is 55.3 Å². The van der Waals surface area contributed by atoms with Crippen LogP contribution in [0.25, 0.3) is 11.3 Å². The van der Waals surface area contributed by atoms with E-state index in [2.05, 4.69) is 15.3 Å². The second kappa shape index (κ2) is 10.1. The number of aromatic nitrogens is 2. The topological polar surface area (TPSA) is 89.0 Å². The molecule has 3 atom stereocenters. The largest absolute Gasteiger partial charge is 0.417 e. The number of nitrogens with one attached hydrogen (secondary N) is 1. The summed E-state index contributed by atoms with van der Waals surface area (Å²) in [5.41, 5.74) is -0.862. The van der Waals surface area contributed by atoms with Crippen molar-refractivity contribution in [1.82, 2.24) is 15.3 Å². The maximum atomic E-state index is 14.2. The molecule has 1 aliphatic rings. The van der Waals surface area contributed by atoms with E-state index in [0.717, 1.165) is 42.5 Å². The highest BCUT2D eigenvalue weighted by atomic mass is 32.2. The van der Waals surface area contributed by atoms with Crippen LogP contribution in [0, 0.1) is 17.7 Å². The van der Waals surface area contributed by atoms with E-state index in [1.54, 1.807) is 0 Å². The van der Waals surface area contributed by atoms with Gasteiger partial charge in [-0.25, -0.2) is 22.2 Å². The van der Waals surface area contributed by atoms with Gasteiger partial charge in [0.1, 0.15) is 12.0 Å². The fraction of sp³-hybridized carbons (Fsp3) is 0.292. The lowest BCUT2D eigenvalue weighted by molar-refractivity contribution is -0.137. The lowest BCUT2D eigenvalue weighted by Crippen LogP contribution is -2.38. The van der Waals surface area contributed by atoms with Crippen LogP contribution in [0.5, 0.6) is 0 Å². The number of sulfone groups is 1. The predicted octanol–water partition coefficient (Wildman–Crippen LogP) is 4.65. The van der Waals surface area contributed by atoms with Crippen molar-refractivity contribution in [3.8, 4) is 11.3 Å². The number of rotatable bonds is 6. The van der Waals surface area contributed by atoms with Crippen molar-refractivity contribution >= 4 is 15.7 Å². The number of carbonyl (C=O) groups excluding carboxylic acids is 1. The number of nitrogens with zero attached hydrogens (tertiary/aromatic N) is 2. The van der Waals surface area contributed by atoms with Crippen LogP contribution in [-0.4, -0.2) is 35.7 Å². The Balaban J connectivity index is 1.50. The Kier molecular flexibility index (Phi) is 7.27. The summed E-state index contributed by atoms with van der Waals surface area (Å²) in [6.45, 7) is -0.360. The molecule has 1 aromatic carbocycles. The van der Waals surface area contributed by atoms with E-state index >= 15 is 0 Å². The van der Waals surface area contributed by atoms with E-state index in [-0.39, 0.29) is 34.8 Å². The Morgan fingerprint density at radius 3 is 2.35 bits per heavy atom. The van der Waals surface area contributed by atoms with Crippen LogP contribution in [0.15, 0.2) is 59.6 Å². The van der Waals surface area contributed by atoms with Crippen molar-refractivity contribution in [2.24, 2.45) is 5.92 Å². The van der Waals surface area contributed by atoms with Gasteiger partial charge in [-0.2, -0.15) is 17.6 Å². The van der Waals surface area contributed by atoms with Gasteiger partial charge in [0.15, 0.2) is 9.84 Å². The van der Waals surface area contributed by atoms with Crippen molar-refractivity contribution in [2.75, 3.05) is 0 Å². The molecule has 1 amide bonds. The highest BCUT2D eigenvalue weighted by molar-refractivity contribution is 7.92. The van der Waals surface area contributed by atoms with Gasteiger partial charge in [-0.3, -0.25) is 9.78 Å². The molecule has 1 fully saturated rings. The highest BCUT2D eigenvalue weighted by Gasteiger charge is 2.46. The summed E-state index contributed by atoms with van der Waals surface area (Å²) in [6, 6.07) is 8.08. The summed E-state index contributed by atoms with van der Waals surface area (Å²) in [7, 11) is -4.16. The Bertz CT molecular complexity index is 1400. The number of hydrogen-bond donors (Lipinski definition) is 1. The number of alkyl halides is 4. The molecule has 1 aliphatic carbocycles. The Morgan fingerprint density at radius 2 is 1.73 bits per heavy atom. The van der Waals surface area contributed by atoms with Crippen molar-refractivity contribution < 1.29 is 39.6 Å². The average molecular weight is 543 g/mol. The monoisotopic (exact) mass is 543 g/mol. The third kappa shape index (κ3) is 5.92. The van der Waals surface area contributed by atoms with E-state index in [1.165, 1.54) is 6.07 Å². The predicted molar refractivity (Wildman–Crippen MR) is 119 cm³/mol. The normalized spacial score (nSPS) is 20.1. The summed E-state index contributed by atoms with van der Waals surface area (Å²) in [4.78, 5) is 19.9. The van der Waals surface area contributed by atoms with Gasteiger partial charge in [0.2, 0.25) is 11.9 Å². The second-order valence-corrected chi connectivity index (χ2v) is 10.7. The molecule has 13 heteroatoms. The van der Waals surface area contributed by atoms with Gasteiger partial charge < -0.3 is 5.32 Å². The first-order valence-corrected chi connectivity index (χ1v) is 12.5. The maximum Gasteiger partial charge on any atom is 0.417 e. The zero-order chi connectivity index (χ0) is 27.0. The van der Waals surface area contributed by atoms with Crippen LogP contribution in [0.3, 0.4) is 0 Å². The number of halogens is 6. The average Bonchev–Trinajstić information content (AvgIpc) is 3.25. The first-order chi connectivity index (χ1) is 17.3. The van der Waals surface area contributed by atoms with Crippen LogP contribution in [0.1, 0.15) is 24.1 Å². The molecule has 1 saturated carbocycles. The lowest BCUT2D eigenvalue weighted by Gasteiger charge is -2.19. The number of amides is 1. The number of carbonyl (C=O) groups is 1. The standard InChI is InChI=1S/C24H19F6N3O3S/c25-15-2-4-18(5-3-15)37(35,36)21-10-16(26)9-19(21)23(34)32-12-17-7-13(8-22(27)33-17)20-6-1-14(11-31-20)24(28,29)30/h1-8,11,16,19,21H,9-10,12H2,(H,32,34)/t16-,19-,21?/m1/s1. The van der Waals surface area contributed by atoms with E-state index in [4.69, 9.17) is 0 Å². The minimum absolute atomic E-state index is 0.0159. The quantitative estimate of drug-likeness (QED) is 0.278. The van der Waals surface area contributed by atoms with E-state index in [1.807, 2.05) is 0 Å². The van der Waals surface area contributed by atoms with Gasteiger partial charge in [-0.1, -0.05) is 0 Å². The molecule has 0 spiro atoms. The number of pyridine rings is 2. The summed E-state index contributed by atoms with van der Waals surface area (Å²) < 4.78 is 106. The van der Waals surface area contributed by atoms with Crippen LogP contribution in [0.2, 0.25) is 0 Å². The van der Waals surface area contributed by atoms with Crippen molar-refractivity contribution in [1.29, 1.82) is 0 Å². The summed E-state index contributed by atoms with van der Waals surface area (Å²) in [5.74, 6) is -3.69. The third-order valence-corrected chi connectivity index (χ3v) is 8.25. The first kappa shape index (κ1) is 26.6. The Morgan fingerprint density at radius 1 is 1.03 bits per heavy atom. The minimum Gasteiger partial charge on any atom is -0.350 e. The van der Waals surface area contributed by atoms with Gasteiger partial charge in [0.05, 0.1) is 39.6 Å². The summed E-state index contributed by atoms with van der Waals surface area (Å²) >= 11 is 0. The molecule has 1 unspecified atom stereocenters. The molecule has 2 aromatic heterocycles. The fourth-order valence-corrected chi connectivity index (χ4v) is 6.18. The Hall–Kier alpha value is -3.48.